The first-order chi connectivity index (χ1) is 8.47. The Hall–Kier alpha value is -2.21. The van der Waals surface area contributed by atoms with Crippen LogP contribution in [0.1, 0.15) is 26.7 Å². The molecular weight excluding hydrogens is 260 g/mol. The second-order valence-electron chi connectivity index (χ2n) is 3.60. The number of amides is 1. The van der Waals surface area contributed by atoms with Gasteiger partial charge >= 0.3 is 5.97 Å². The summed E-state index contributed by atoms with van der Waals surface area (Å²) < 4.78 is 4.92. The molecule has 0 aliphatic rings. The molecule has 0 unspecified atom stereocenters. The number of carbonyl (C=O) groups is 2. The zero-order chi connectivity index (χ0) is 13.3. The number of hydrogen-bond acceptors (Lipinski definition) is 3. The fraction of sp³-hybridized carbons (Fsp3) is 0.0909. The molecule has 2 heterocycles. The van der Waals surface area contributed by atoms with E-state index in [2.05, 4.69) is 10.3 Å². The molecule has 18 heavy (non-hydrogen) atoms. The van der Waals surface area contributed by atoms with Crippen LogP contribution in [0.2, 0.25) is 5.22 Å². The lowest BCUT2D eigenvalue weighted by Gasteiger charge is -2.01. The Morgan fingerprint density at radius 2 is 2.17 bits per heavy atom. The van der Waals surface area contributed by atoms with Gasteiger partial charge in [0.2, 0.25) is 0 Å². The third-order valence-electron chi connectivity index (χ3n) is 2.21. The molecule has 94 valence electrons. The number of anilines is 1. The molecular formula is C11H9ClN2O4. The van der Waals surface area contributed by atoms with E-state index in [1.165, 1.54) is 18.2 Å². The zero-order valence-electron chi connectivity index (χ0n) is 9.28. The number of hydrogen-bond donors (Lipinski definition) is 3. The molecule has 0 fully saturated rings. The molecule has 0 bridgehead atoms. The van der Waals surface area contributed by atoms with Crippen LogP contribution in [0.25, 0.3) is 0 Å². The average Bonchev–Trinajstić information content (AvgIpc) is 2.85. The van der Waals surface area contributed by atoms with Crippen molar-refractivity contribution in [1.29, 1.82) is 0 Å². The minimum atomic E-state index is -1.16. The molecule has 7 heteroatoms. The van der Waals surface area contributed by atoms with E-state index in [4.69, 9.17) is 21.1 Å². The number of carbonyl (C=O) groups excluding carboxylic acids is 1. The van der Waals surface area contributed by atoms with Gasteiger partial charge in [0.15, 0.2) is 11.0 Å². The van der Waals surface area contributed by atoms with Gasteiger partial charge in [-0.25, -0.2) is 4.79 Å². The molecule has 0 aromatic carbocycles. The van der Waals surface area contributed by atoms with E-state index in [0.717, 1.165) is 0 Å². The van der Waals surface area contributed by atoms with Gasteiger partial charge in [-0.15, -0.1) is 0 Å². The van der Waals surface area contributed by atoms with Gasteiger partial charge in [-0.3, -0.25) is 4.79 Å². The Morgan fingerprint density at radius 3 is 2.72 bits per heavy atom. The van der Waals surface area contributed by atoms with Gasteiger partial charge in [0.05, 0.1) is 5.69 Å². The molecule has 0 saturated heterocycles. The van der Waals surface area contributed by atoms with Gasteiger partial charge in [-0.2, -0.15) is 0 Å². The number of aromatic amines is 1. The molecule has 6 nitrogen and oxygen atoms in total. The number of aromatic carboxylic acids is 1. The largest absolute Gasteiger partial charge is 0.477 e. The monoisotopic (exact) mass is 268 g/mol. The predicted octanol–water partition coefficient (Wildman–Crippen LogP) is 2.52. The molecule has 0 spiro atoms. The molecule has 0 atom stereocenters. The van der Waals surface area contributed by atoms with Crippen LogP contribution < -0.4 is 5.32 Å². The van der Waals surface area contributed by atoms with E-state index in [1.807, 2.05) is 0 Å². The molecule has 3 N–H and O–H groups in total. The van der Waals surface area contributed by atoms with Crippen molar-refractivity contribution in [2.75, 3.05) is 5.32 Å². The number of halogens is 1. The van der Waals surface area contributed by atoms with Gasteiger partial charge in [0.1, 0.15) is 5.69 Å². The number of nitrogens with one attached hydrogen (secondary N) is 2. The van der Waals surface area contributed by atoms with Crippen LogP contribution in [0.4, 0.5) is 5.69 Å². The number of H-pyrrole nitrogens is 1. The highest BCUT2D eigenvalue weighted by Crippen LogP contribution is 2.19. The SMILES string of the molecule is Cc1cc(NC(=O)c2ccc(Cl)o2)c(C(=O)O)[nH]1. The maximum atomic E-state index is 11.7. The number of rotatable bonds is 3. The first-order valence-corrected chi connectivity index (χ1v) is 5.35. The second-order valence-corrected chi connectivity index (χ2v) is 3.98. The van der Waals surface area contributed by atoms with E-state index < -0.39 is 11.9 Å². The van der Waals surface area contributed by atoms with Crippen molar-refractivity contribution in [3.8, 4) is 0 Å². The summed E-state index contributed by atoms with van der Waals surface area (Å²) in [7, 11) is 0. The summed E-state index contributed by atoms with van der Waals surface area (Å²) in [5, 5.41) is 11.5. The topological polar surface area (TPSA) is 95.3 Å². The number of aryl methyl sites for hydroxylation is 1. The molecule has 0 aliphatic heterocycles. The van der Waals surface area contributed by atoms with Crippen LogP contribution in [0.3, 0.4) is 0 Å². The molecule has 2 aromatic rings. The maximum Gasteiger partial charge on any atom is 0.354 e. The third kappa shape index (κ3) is 2.38. The molecule has 0 aliphatic carbocycles. The van der Waals surface area contributed by atoms with Crippen LogP contribution >= 0.6 is 11.6 Å². The van der Waals surface area contributed by atoms with Crippen LogP contribution in [0.5, 0.6) is 0 Å². The summed E-state index contributed by atoms with van der Waals surface area (Å²) in [5.74, 6) is -1.71. The number of furan rings is 1. The van der Waals surface area contributed by atoms with Crippen LogP contribution in [0.15, 0.2) is 22.6 Å². The quantitative estimate of drug-likeness (QED) is 0.797. The van der Waals surface area contributed by atoms with Gasteiger partial charge in [0, 0.05) is 5.69 Å². The summed E-state index contributed by atoms with van der Waals surface area (Å²) >= 11 is 5.55. The smallest absolute Gasteiger partial charge is 0.354 e. The lowest BCUT2D eigenvalue weighted by atomic mass is 10.3. The minimum absolute atomic E-state index is 0.00944. The summed E-state index contributed by atoms with van der Waals surface area (Å²) in [6.45, 7) is 1.69. The molecule has 2 aromatic heterocycles. The lowest BCUT2D eigenvalue weighted by Crippen LogP contribution is -2.13. The van der Waals surface area contributed by atoms with Crippen LogP contribution in [-0.2, 0) is 0 Å². The van der Waals surface area contributed by atoms with E-state index in [1.54, 1.807) is 6.92 Å². The first-order valence-electron chi connectivity index (χ1n) is 4.97. The fourth-order valence-corrected chi connectivity index (χ4v) is 1.62. The maximum absolute atomic E-state index is 11.7. The third-order valence-corrected chi connectivity index (χ3v) is 2.41. The average molecular weight is 269 g/mol. The molecule has 2 rings (SSSR count). The van der Waals surface area contributed by atoms with E-state index in [9.17, 15) is 9.59 Å². The zero-order valence-corrected chi connectivity index (χ0v) is 10.0. The van der Waals surface area contributed by atoms with Crippen LogP contribution in [-0.4, -0.2) is 22.0 Å². The van der Waals surface area contributed by atoms with E-state index in [-0.39, 0.29) is 22.4 Å². The van der Waals surface area contributed by atoms with Gasteiger partial charge in [-0.05, 0) is 36.7 Å². The van der Waals surface area contributed by atoms with Crippen molar-refractivity contribution in [3.05, 3.63) is 40.6 Å². The summed E-state index contributed by atoms with van der Waals surface area (Å²) in [4.78, 5) is 25.3. The van der Waals surface area contributed by atoms with Crippen LogP contribution in [0, 0.1) is 6.92 Å². The molecule has 0 radical (unpaired) electrons. The van der Waals surface area contributed by atoms with Crippen molar-refractivity contribution in [3.63, 3.8) is 0 Å². The summed E-state index contributed by atoms with van der Waals surface area (Å²) in [6, 6.07) is 4.35. The van der Waals surface area contributed by atoms with Crippen molar-refractivity contribution in [2.24, 2.45) is 0 Å². The van der Waals surface area contributed by atoms with E-state index >= 15 is 0 Å². The highest BCUT2D eigenvalue weighted by atomic mass is 35.5. The molecule has 0 saturated carbocycles. The summed E-state index contributed by atoms with van der Waals surface area (Å²) in [6.07, 6.45) is 0. The minimum Gasteiger partial charge on any atom is -0.477 e. The Bertz CT molecular complexity index is 614. The number of carboxylic acids is 1. The Balaban J connectivity index is 2.24. The highest BCUT2D eigenvalue weighted by Gasteiger charge is 2.17. The van der Waals surface area contributed by atoms with Gasteiger partial charge in [-0.1, -0.05) is 0 Å². The predicted molar refractivity (Wildman–Crippen MR) is 64.2 cm³/mol. The Labute approximate surface area is 107 Å². The normalized spacial score (nSPS) is 10.3. The fourth-order valence-electron chi connectivity index (χ4n) is 1.48. The van der Waals surface area contributed by atoms with E-state index in [0.29, 0.717) is 5.69 Å². The first kappa shape index (κ1) is 12.3. The van der Waals surface area contributed by atoms with Crippen molar-refractivity contribution in [2.45, 2.75) is 6.92 Å². The van der Waals surface area contributed by atoms with Gasteiger partial charge < -0.3 is 19.8 Å². The highest BCUT2D eigenvalue weighted by molar-refractivity contribution is 6.29. The Kier molecular flexibility index (Phi) is 3.12. The van der Waals surface area contributed by atoms with Crippen molar-refractivity contribution < 1.29 is 19.1 Å². The van der Waals surface area contributed by atoms with Gasteiger partial charge in [0.25, 0.3) is 5.91 Å². The standard InChI is InChI=1S/C11H9ClN2O4/c1-5-4-6(9(13-5)11(16)17)14-10(15)7-2-3-8(12)18-7/h2-4,13H,1H3,(H,14,15)(H,16,17). The van der Waals surface area contributed by atoms with Crippen molar-refractivity contribution in [1.82, 2.24) is 4.98 Å². The summed E-state index contributed by atoms with van der Waals surface area (Å²) in [5.41, 5.74) is 0.719. The number of aromatic nitrogens is 1. The lowest BCUT2D eigenvalue weighted by molar-refractivity contribution is 0.0692. The van der Waals surface area contributed by atoms with Crippen molar-refractivity contribution >= 4 is 29.2 Å². The number of carboxylic acid groups (broad SMARTS) is 1. The second kappa shape index (κ2) is 4.58. The molecule has 1 amide bonds. The Morgan fingerprint density at radius 1 is 1.44 bits per heavy atom.